The molecule has 0 spiro atoms. The Bertz CT molecular complexity index is 293. The molecule has 2 unspecified atom stereocenters. The summed E-state index contributed by atoms with van der Waals surface area (Å²) < 4.78 is -2.71. The zero-order valence-electron chi connectivity index (χ0n) is 6.13. The number of hydrogen-bond acceptors (Lipinski definition) is 0. The van der Waals surface area contributed by atoms with E-state index in [0.717, 1.165) is 0 Å². The molecule has 2 bridgehead atoms. The summed E-state index contributed by atoms with van der Waals surface area (Å²) in [5.41, 5.74) is 0. The molecule has 13 heavy (non-hydrogen) atoms. The van der Waals surface area contributed by atoms with Gasteiger partial charge >= 0.3 is 0 Å². The summed E-state index contributed by atoms with van der Waals surface area (Å²) in [6, 6.07) is 0. The lowest BCUT2D eigenvalue weighted by Crippen LogP contribution is -2.48. The summed E-state index contributed by atoms with van der Waals surface area (Å²) in [6.07, 6.45) is 2.20. The number of halogens is 6. The summed E-state index contributed by atoms with van der Waals surface area (Å²) in [5.74, 6) is -0.184. The summed E-state index contributed by atoms with van der Waals surface area (Å²) in [6.45, 7) is 0. The van der Waals surface area contributed by atoms with Crippen molar-refractivity contribution in [2.75, 3.05) is 0 Å². The van der Waals surface area contributed by atoms with Gasteiger partial charge in [0, 0.05) is 11.0 Å². The molecule has 0 aliphatic heterocycles. The van der Waals surface area contributed by atoms with Gasteiger partial charge in [-0.05, 0) is 6.42 Å². The molecule has 0 radical (unpaired) electrons. The van der Waals surface area contributed by atoms with Crippen LogP contribution in [0.5, 0.6) is 0 Å². The smallest absolute Gasteiger partial charge is 0.110 e. The molecule has 0 aromatic heterocycles. The standard InChI is InChI=1S/C7H4Cl6/c8-4-1-3-2-5(4,9)7(12,13)6(3,10)11/h1,3H,2H2. The van der Waals surface area contributed by atoms with Crippen LogP contribution in [-0.4, -0.2) is 13.5 Å². The SMILES string of the molecule is ClC1=CC2CC1(Cl)C(Cl)(Cl)C2(Cl)Cl. The Kier molecular flexibility index (Phi) is 2.35. The lowest BCUT2D eigenvalue weighted by molar-refractivity contribution is 0.623. The Labute approximate surface area is 106 Å². The lowest BCUT2D eigenvalue weighted by atomic mass is 10.0. The van der Waals surface area contributed by atoms with Crippen LogP contribution < -0.4 is 0 Å². The maximum absolute atomic E-state index is 6.19. The summed E-state index contributed by atoms with van der Waals surface area (Å²) in [7, 11) is 0. The summed E-state index contributed by atoms with van der Waals surface area (Å²) in [5, 5.41) is 0.432. The van der Waals surface area contributed by atoms with Gasteiger partial charge in [-0.15, -0.1) is 11.6 Å². The Morgan fingerprint density at radius 2 is 1.69 bits per heavy atom. The van der Waals surface area contributed by atoms with E-state index in [0.29, 0.717) is 11.5 Å². The van der Waals surface area contributed by atoms with Gasteiger partial charge in [0.05, 0.1) is 0 Å². The van der Waals surface area contributed by atoms with Crippen LogP contribution in [-0.2, 0) is 0 Å². The van der Waals surface area contributed by atoms with Crippen molar-refractivity contribution in [3.05, 3.63) is 11.1 Å². The normalized spacial score (nSPS) is 45.1. The van der Waals surface area contributed by atoms with E-state index in [2.05, 4.69) is 0 Å². The van der Waals surface area contributed by atoms with Crippen molar-refractivity contribution in [2.24, 2.45) is 5.92 Å². The number of allylic oxidation sites excluding steroid dienone is 2. The van der Waals surface area contributed by atoms with E-state index >= 15 is 0 Å². The van der Waals surface area contributed by atoms with E-state index in [1.54, 1.807) is 6.08 Å². The van der Waals surface area contributed by atoms with Gasteiger partial charge < -0.3 is 0 Å². The van der Waals surface area contributed by atoms with Gasteiger partial charge in [0.1, 0.15) is 4.87 Å². The minimum atomic E-state index is -1.44. The number of fused-ring (bicyclic) bond motifs is 2. The average Bonchev–Trinajstić information content (AvgIpc) is 2.34. The third kappa shape index (κ3) is 1.08. The average molecular weight is 301 g/mol. The second-order valence-electron chi connectivity index (χ2n) is 3.32. The first-order valence-corrected chi connectivity index (χ1v) is 5.82. The van der Waals surface area contributed by atoms with Crippen LogP contribution in [0.25, 0.3) is 0 Å². The first-order valence-electron chi connectivity index (χ1n) is 3.56. The van der Waals surface area contributed by atoms with Crippen molar-refractivity contribution in [1.29, 1.82) is 0 Å². The third-order valence-corrected chi connectivity index (χ3v) is 6.75. The van der Waals surface area contributed by atoms with Crippen LogP contribution in [0.1, 0.15) is 6.42 Å². The molecule has 74 valence electrons. The molecule has 0 amide bonds. The zero-order valence-corrected chi connectivity index (χ0v) is 10.7. The Hall–Kier alpha value is 1.48. The molecule has 2 aliphatic carbocycles. The number of rotatable bonds is 0. The van der Waals surface area contributed by atoms with Crippen molar-refractivity contribution in [2.45, 2.75) is 20.0 Å². The van der Waals surface area contributed by atoms with Gasteiger partial charge in [-0.3, -0.25) is 0 Å². The van der Waals surface area contributed by atoms with E-state index in [-0.39, 0.29) is 5.92 Å². The van der Waals surface area contributed by atoms with E-state index in [9.17, 15) is 0 Å². The van der Waals surface area contributed by atoms with Crippen LogP contribution in [0.4, 0.5) is 0 Å². The number of alkyl halides is 5. The van der Waals surface area contributed by atoms with Crippen LogP contribution in [0.15, 0.2) is 11.1 Å². The Balaban J connectivity index is 2.58. The molecular weight excluding hydrogens is 297 g/mol. The molecule has 2 atom stereocenters. The van der Waals surface area contributed by atoms with Gasteiger partial charge in [0.2, 0.25) is 0 Å². The quantitative estimate of drug-likeness (QED) is 0.579. The van der Waals surface area contributed by atoms with Gasteiger partial charge in [-0.1, -0.05) is 64.1 Å². The van der Waals surface area contributed by atoms with Crippen LogP contribution >= 0.6 is 69.6 Å². The fourth-order valence-corrected chi connectivity index (χ4v) is 3.96. The fourth-order valence-electron chi connectivity index (χ4n) is 1.78. The molecule has 0 nitrogen and oxygen atoms in total. The third-order valence-electron chi connectivity index (χ3n) is 2.61. The van der Waals surface area contributed by atoms with E-state index in [1.165, 1.54) is 0 Å². The zero-order chi connectivity index (χ0) is 10.1. The molecule has 0 heterocycles. The molecule has 0 saturated heterocycles. The van der Waals surface area contributed by atoms with Crippen molar-refractivity contribution in [3.63, 3.8) is 0 Å². The molecule has 1 saturated carbocycles. The molecule has 2 aliphatic rings. The monoisotopic (exact) mass is 298 g/mol. The van der Waals surface area contributed by atoms with Crippen molar-refractivity contribution in [3.8, 4) is 0 Å². The van der Waals surface area contributed by atoms with Crippen LogP contribution in [0.2, 0.25) is 0 Å². The maximum atomic E-state index is 6.19. The highest BCUT2D eigenvalue weighted by atomic mass is 35.5. The highest BCUT2D eigenvalue weighted by molar-refractivity contribution is 6.67. The molecular formula is C7H4Cl6. The molecule has 6 heteroatoms. The highest BCUT2D eigenvalue weighted by Crippen LogP contribution is 2.70. The molecule has 2 rings (SSSR count). The lowest BCUT2D eigenvalue weighted by Gasteiger charge is -2.38. The Morgan fingerprint density at radius 3 is 2.00 bits per heavy atom. The van der Waals surface area contributed by atoms with Gasteiger partial charge in [-0.2, -0.15) is 0 Å². The van der Waals surface area contributed by atoms with Crippen LogP contribution in [0.3, 0.4) is 0 Å². The molecule has 0 aromatic rings. The fraction of sp³-hybridized carbons (Fsp3) is 0.714. The van der Waals surface area contributed by atoms with Crippen molar-refractivity contribution in [1.82, 2.24) is 0 Å². The number of hydrogen-bond donors (Lipinski definition) is 0. The van der Waals surface area contributed by atoms with E-state index in [1.807, 2.05) is 0 Å². The minimum absolute atomic E-state index is 0.184. The summed E-state index contributed by atoms with van der Waals surface area (Å²) >= 11 is 36.2. The minimum Gasteiger partial charge on any atom is -0.110 e. The predicted molar refractivity (Wildman–Crippen MR) is 59.5 cm³/mol. The second kappa shape index (κ2) is 2.78. The maximum Gasteiger partial charge on any atom is 0.175 e. The predicted octanol–water partition coefficient (Wildman–Crippen LogP) is 4.47. The van der Waals surface area contributed by atoms with Crippen molar-refractivity contribution < 1.29 is 0 Å². The van der Waals surface area contributed by atoms with E-state index < -0.39 is 13.5 Å². The first-order chi connectivity index (χ1) is 5.73. The van der Waals surface area contributed by atoms with E-state index in [4.69, 9.17) is 69.6 Å². The first kappa shape index (κ1) is 11.0. The largest absolute Gasteiger partial charge is 0.175 e. The van der Waals surface area contributed by atoms with Gasteiger partial charge in [-0.25, -0.2) is 0 Å². The highest BCUT2D eigenvalue weighted by Gasteiger charge is 2.73. The van der Waals surface area contributed by atoms with Gasteiger partial charge in [0.25, 0.3) is 0 Å². The summed E-state index contributed by atoms with van der Waals surface area (Å²) in [4.78, 5) is -1.04. The Morgan fingerprint density at radius 1 is 1.15 bits per heavy atom. The van der Waals surface area contributed by atoms with Crippen molar-refractivity contribution >= 4 is 69.6 Å². The molecule has 0 aromatic carbocycles. The topological polar surface area (TPSA) is 0 Å². The molecule has 0 N–H and O–H groups in total. The molecule has 1 fully saturated rings. The second-order valence-corrected chi connectivity index (χ2v) is 7.09. The van der Waals surface area contributed by atoms with Gasteiger partial charge in [0.15, 0.2) is 8.67 Å². The van der Waals surface area contributed by atoms with Crippen LogP contribution in [0, 0.1) is 5.92 Å².